The standard InChI is InChI=1S/C15H13BrO2/c1-11-14(16)3-2-4-15(11)18-13-7-5-12(6-8-13)9-10-17/h2-8,10H,9H2,1H3. The average Bonchev–Trinajstić information content (AvgIpc) is 2.38. The van der Waals surface area contributed by atoms with E-state index in [4.69, 9.17) is 4.74 Å². The third kappa shape index (κ3) is 2.99. The van der Waals surface area contributed by atoms with Crippen LogP contribution >= 0.6 is 15.9 Å². The van der Waals surface area contributed by atoms with Crippen molar-refractivity contribution in [2.75, 3.05) is 0 Å². The fraction of sp³-hybridized carbons (Fsp3) is 0.133. The van der Waals surface area contributed by atoms with Gasteiger partial charge in [0.15, 0.2) is 0 Å². The molecule has 0 aliphatic carbocycles. The van der Waals surface area contributed by atoms with Crippen molar-refractivity contribution in [3.63, 3.8) is 0 Å². The van der Waals surface area contributed by atoms with Crippen LogP contribution in [-0.2, 0) is 11.2 Å². The molecule has 0 aliphatic rings. The molecule has 2 aromatic rings. The van der Waals surface area contributed by atoms with Crippen molar-refractivity contribution in [3.8, 4) is 11.5 Å². The van der Waals surface area contributed by atoms with Gasteiger partial charge in [-0.25, -0.2) is 0 Å². The van der Waals surface area contributed by atoms with Crippen LogP contribution in [0.4, 0.5) is 0 Å². The molecule has 0 N–H and O–H groups in total. The Balaban J connectivity index is 2.18. The van der Waals surface area contributed by atoms with Gasteiger partial charge in [-0.3, -0.25) is 0 Å². The smallest absolute Gasteiger partial charge is 0.131 e. The summed E-state index contributed by atoms with van der Waals surface area (Å²) in [5, 5.41) is 0. The Bertz CT molecular complexity index is 547. The molecule has 0 amide bonds. The summed E-state index contributed by atoms with van der Waals surface area (Å²) in [6, 6.07) is 13.4. The molecule has 0 unspecified atom stereocenters. The Morgan fingerprint density at radius 1 is 1.17 bits per heavy atom. The number of benzene rings is 2. The van der Waals surface area contributed by atoms with Gasteiger partial charge in [-0.2, -0.15) is 0 Å². The monoisotopic (exact) mass is 304 g/mol. The number of carbonyl (C=O) groups excluding carboxylic acids is 1. The molecule has 0 saturated heterocycles. The van der Waals surface area contributed by atoms with Crippen LogP contribution in [0.5, 0.6) is 11.5 Å². The number of rotatable bonds is 4. The summed E-state index contributed by atoms with van der Waals surface area (Å²) < 4.78 is 6.83. The molecule has 0 heterocycles. The lowest BCUT2D eigenvalue weighted by atomic mass is 10.1. The number of halogens is 1. The minimum Gasteiger partial charge on any atom is -0.457 e. The Morgan fingerprint density at radius 3 is 2.56 bits per heavy atom. The fourth-order valence-electron chi connectivity index (χ4n) is 1.62. The van der Waals surface area contributed by atoms with Crippen molar-refractivity contribution in [2.45, 2.75) is 13.3 Å². The Morgan fingerprint density at radius 2 is 1.89 bits per heavy atom. The van der Waals surface area contributed by atoms with Gasteiger partial charge in [0.05, 0.1) is 0 Å². The summed E-state index contributed by atoms with van der Waals surface area (Å²) in [5.41, 5.74) is 2.05. The van der Waals surface area contributed by atoms with Gasteiger partial charge in [-0.15, -0.1) is 0 Å². The minimum absolute atomic E-state index is 0.441. The molecule has 92 valence electrons. The molecule has 3 heteroatoms. The highest BCUT2D eigenvalue weighted by molar-refractivity contribution is 9.10. The third-order valence-corrected chi connectivity index (χ3v) is 3.55. The van der Waals surface area contributed by atoms with E-state index < -0.39 is 0 Å². The number of ether oxygens (including phenoxy) is 1. The number of aldehydes is 1. The van der Waals surface area contributed by atoms with Crippen LogP contribution in [0.3, 0.4) is 0 Å². The molecule has 2 aromatic carbocycles. The zero-order chi connectivity index (χ0) is 13.0. The second-order valence-corrected chi connectivity index (χ2v) is 4.83. The molecular formula is C15H13BrO2. The van der Waals surface area contributed by atoms with E-state index in [9.17, 15) is 4.79 Å². The number of hydrogen-bond donors (Lipinski definition) is 0. The summed E-state index contributed by atoms with van der Waals surface area (Å²) in [5.74, 6) is 1.60. The van der Waals surface area contributed by atoms with Gasteiger partial charge in [-0.1, -0.05) is 34.1 Å². The van der Waals surface area contributed by atoms with Crippen molar-refractivity contribution in [3.05, 3.63) is 58.1 Å². The predicted molar refractivity (Wildman–Crippen MR) is 75.2 cm³/mol. The molecule has 0 bridgehead atoms. The van der Waals surface area contributed by atoms with Crippen molar-refractivity contribution < 1.29 is 9.53 Å². The Labute approximate surface area is 115 Å². The van der Waals surface area contributed by atoms with Crippen molar-refractivity contribution in [1.29, 1.82) is 0 Å². The van der Waals surface area contributed by atoms with E-state index in [2.05, 4.69) is 15.9 Å². The normalized spacial score (nSPS) is 10.1. The third-order valence-electron chi connectivity index (χ3n) is 2.69. The molecule has 18 heavy (non-hydrogen) atoms. The van der Waals surface area contributed by atoms with Gasteiger partial charge >= 0.3 is 0 Å². The van der Waals surface area contributed by atoms with E-state index in [1.54, 1.807) is 0 Å². The summed E-state index contributed by atoms with van der Waals surface area (Å²) in [6.07, 6.45) is 1.34. The molecule has 2 rings (SSSR count). The summed E-state index contributed by atoms with van der Waals surface area (Å²) >= 11 is 3.47. The molecule has 0 atom stereocenters. The largest absolute Gasteiger partial charge is 0.457 e. The first-order valence-corrected chi connectivity index (χ1v) is 6.45. The quantitative estimate of drug-likeness (QED) is 0.788. The maximum Gasteiger partial charge on any atom is 0.131 e. The highest BCUT2D eigenvalue weighted by Gasteiger charge is 2.04. The molecule has 0 fully saturated rings. The van der Waals surface area contributed by atoms with Crippen LogP contribution in [0.25, 0.3) is 0 Å². The average molecular weight is 305 g/mol. The van der Waals surface area contributed by atoms with Gasteiger partial charge in [0.1, 0.15) is 17.8 Å². The second-order valence-electron chi connectivity index (χ2n) is 3.98. The molecule has 0 aromatic heterocycles. The van der Waals surface area contributed by atoms with E-state index in [0.717, 1.165) is 33.4 Å². The first-order chi connectivity index (χ1) is 8.70. The zero-order valence-corrected chi connectivity index (χ0v) is 11.6. The van der Waals surface area contributed by atoms with Gasteiger partial charge in [-0.05, 0) is 36.8 Å². The minimum atomic E-state index is 0.441. The fourth-order valence-corrected chi connectivity index (χ4v) is 1.96. The maximum atomic E-state index is 10.4. The predicted octanol–water partition coefficient (Wildman–Crippen LogP) is 4.29. The van der Waals surface area contributed by atoms with Crippen LogP contribution in [0.1, 0.15) is 11.1 Å². The van der Waals surface area contributed by atoms with E-state index in [1.807, 2.05) is 49.4 Å². The highest BCUT2D eigenvalue weighted by Crippen LogP contribution is 2.29. The Kier molecular flexibility index (Phi) is 4.15. The SMILES string of the molecule is Cc1c(Br)cccc1Oc1ccc(CC=O)cc1. The summed E-state index contributed by atoms with van der Waals surface area (Å²) in [7, 11) is 0. The topological polar surface area (TPSA) is 26.3 Å². The van der Waals surface area contributed by atoms with E-state index in [1.165, 1.54) is 0 Å². The first-order valence-electron chi connectivity index (χ1n) is 5.66. The van der Waals surface area contributed by atoms with Crippen molar-refractivity contribution in [1.82, 2.24) is 0 Å². The second kappa shape index (κ2) is 5.83. The van der Waals surface area contributed by atoms with Gasteiger partial charge in [0.2, 0.25) is 0 Å². The first kappa shape index (κ1) is 12.8. The molecule has 0 radical (unpaired) electrons. The number of carbonyl (C=O) groups is 1. The lowest BCUT2D eigenvalue weighted by Gasteiger charge is -2.10. The van der Waals surface area contributed by atoms with Crippen LogP contribution in [0.2, 0.25) is 0 Å². The zero-order valence-electron chi connectivity index (χ0n) is 10.0. The van der Waals surface area contributed by atoms with Gasteiger partial charge < -0.3 is 9.53 Å². The molecule has 0 spiro atoms. The van der Waals surface area contributed by atoms with Crippen LogP contribution < -0.4 is 4.74 Å². The lowest BCUT2D eigenvalue weighted by molar-refractivity contribution is -0.107. The lowest BCUT2D eigenvalue weighted by Crippen LogP contribution is -1.90. The summed E-state index contributed by atoms with van der Waals surface area (Å²) in [4.78, 5) is 10.4. The molecule has 2 nitrogen and oxygen atoms in total. The van der Waals surface area contributed by atoms with Crippen molar-refractivity contribution >= 4 is 22.2 Å². The van der Waals surface area contributed by atoms with Gasteiger partial charge in [0, 0.05) is 16.5 Å². The molecule has 0 saturated carbocycles. The van der Waals surface area contributed by atoms with Gasteiger partial charge in [0.25, 0.3) is 0 Å². The van der Waals surface area contributed by atoms with Crippen LogP contribution in [0, 0.1) is 6.92 Å². The summed E-state index contributed by atoms with van der Waals surface area (Å²) in [6.45, 7) is 2.00. The number of hydrogen-bond acceptors (Lipinski definition) is 2. The van der Waals surface area contributed by atoms with Crippen LogP contribution in [-0.4, -0.2) is 6.29 Å². The molecule has 0 aliphatic heterocycles. The van der Waals surface area contributed by atoms with E-state index in [0.29, 0.717) is 6.42 Å². The Hall–Kier alpha value is -1.61. The van der Waals surface area contributed by atoms with Crippen molar-refractivity contribution in [2.24, 2.45) is 0 Å². The highest BCUT2D eigenvalue weighted by atomic mass is 79.9. The molecular weight excluding hydrogens is 292 g/mol. The maximum absolute atomic E-state index is 10.4. The van der Waals surface area contributed by atoms with E-state index in [-0.39, 0.29) is 0 Å². The van der Waals surface area contributed by atoms with Crippen LogP contribution in [0.15, 0.2) is 46.9 Å². The van der Waals surface area contributed by atoms with E-state index >= 15 is 0 Å².